The van der Waals surface area contributed by atoms with Crippen LogP contribution < -0.4 is 10.6 Å². The standard InChI is InChI=1S/C26H35N3O4S/c1-2-24(30)27-17-18-7-9-29(10-8-18)34(32,33)23-5-3-22(4-6-23)28-25(31)26-14-19-11-20(15-26)13-21(12-19)16-26/h2-6,18-21H,1,7-17H2,(H,27,30)(H,28,31). The predicted molar refractivity (Wildman–Crippen MR) is 130 cm³/mol. The van der Waals surface area contributed by atoms with Gasteiger partial charge in [-0.25, -0.2) is 8.42 Å². The van der Waals surface area contributed by atoms with Crippen LogP contribution in [0.1, 0.15) is 51.4 Å². The second-order valence-corrected chi connectivity index (χ2v) is 12.9. The molecule has 34 heavy (non-hydrogen) atoms. The second-order valence-electron chi connectivity index (χ2n) is 11.0. The van der Waals surface area contributed by atoms with Gasteiger partial charge in [0.05, 0.1) is 10.3 Å². The minimum atomic E-state index is -3.59. The van der Waals surface area contributed by atoms with Gasteiger partial charge in [0.15, 0.2) is 0 Å². The summed E-state index contributed by atoms with van der Waals surface area (Å²) in [6, 6.07) is 6.62. The lowest BCUT2D eigenvalue weighted by Crippen LogP contribution is -2.51. The van der Waals surface area contributed by atoms with E-state index in [1.54, 1.807) is 24.3 Å². The molecular formula is C26H35N3O4S. The number of piperidine rings is 1. The Kier molecular flexibility index (Phi) is 6.31. The number of carbonyl (C=O) groups is 2. The van der Waals surface area contributed by atoms with Gasteiger partial charge < -0.3 is 10.6 Å². The smallest absolute Gasteiger partial charge is 0.243 e. The first-order chi connectivity index (χ1) is 16.3. The van der Waals surface area contributed by atoms with Crippen LogP contribution in [-0.2, 0) is 19.6 Å². The van der Waals surface area contributed by atoms with Crippen LogP contribution in [0, 0.1) is 29.1 Å². The molecule has 1 aromatic carbocycles. The summed E-state index contributed by atoms with van der Waals surface area (Å²) in [5.41, 5.74) is 0.436. The van der Waals surface area contributed by atoms with Crippen molar-refractivity contribution in [3.63, 3.8) is 0 Å². The van der Waals surface area contributed by atoms with Gasteiger partial charge in [-0.3, -0.25) is 9.59 Å². The molecule has 184 valence electrons. The van der Waals surface area contributed by atoms with Crippen LogP contribution in [0.2, 0.25) is 0 Å². The van der Waals surface area contributed by atoms with Crippen LogP contribution in [0.25, 0.3) is 0 Å². The molecule has 5 fully saturated rings. The molecule has 2 amide bonds. The van der Waals surface area contributed by atoms with E-state index in [-0.39, 0.29) is 28.0 Å². The Morgan fingerprint density at radius 2 is 1.56 bits per heavy atom. The molecule has 0 spiro atoms. The Hall–Kier alpha value is -2.19. The summed E-state index contributed by atoms with van der Waals surface area (Å²) in [6.07, 6.45) is 9.54. The molecule has 0 unspecified atom stereocenters. The first kappa shape index (κ1) is 23.5. The molecule has 8 heteroatoms. The van der Waals surface area contributed by atoms with Crippen LogP contribution in [0.4, 0.5) is 5.69 Å². The van der Waals surface area contributed by atoms with E-state index in [1.807, 2.05) is 0 Å². The number of carbonyl (C=O) groups excluding carboxylic acids is 2. The van der Waals surface area contributed by atoms with Gasteiger partial charge in [0.2, 0.25) is 21.8 Å². The molecule has 5 aliphatic rings. The van der Waals surface area contributed by atoms with E-state index in [0.717, 1.165) is 19.3 Å². The third-order valence-electron chi connectivity index (χ3n) is 8.59. The van der Waals surface area contributed by atoms with E-state index in [1.165, 1.54) is 29.6 Å². The highest BCUT2D eigenvalue weighted by Crippen LogP contribution is 2.60. The van der Waals surface area contributed by atoms with Gasteiger partial charge in [-0.1, -0.05) is 6.58 Å². The normalized spacial score (nSPS) is 31.2. The topological polar surface area (TPSA) is 95.6 Å². The summed E-state index contributed by atoms with van der Waals surface area (Å²) in [5, 5.41) is 5.89. The van der Waals surface area contributed by atoms with Crippen molar-refractivity contribution in [3.8, 4) is 0 Å². The third kappa shape index (κ3) is 4.54. The Bertz CT molecular complexity index is 1020. The van der Waals surface area contributed by atoms with Crippen LogP contribution in [0.15, 0.2) is 41.8 Å². The van der Waals surface area contributed by atoms with Crippen molar-refractivity contribution in [1.82, 2.24) is 9.62 Å². The van der Waals surface area contributed by atoms with Gasteiger partial charge in [0.25, 0.3) is 0 Å². The third-order valence-corrected chi connectivity index (χ3v) is 10.5. The van der Waals surface area contributed by atoms with E-state index in [9.17, 15) is 18.0 Å². The molecule has 0 aromatic heterocycles. The SMILES string of the molecule is C=CC(=O)NCC1CCN(S(=O)(=O)c2ccc(NC(=O)C34CC5CC(CC(C5)C3)C4)cc2)CC1. The Labute approximate surface area is 202 Å². The number of nitrogens with one attached hydrogen (secondary N) is 2. The molecule has 1 heterocycles. The van der Waals surface area contributed by atoms with Gasteiger partial charge in [-0.2, -0.15) is 4.31 Å². The van der Waals surface area contributed by atoms with E-state index in [2.05, 4.69) is 17.2 Å². The number of amides is 2. The largest absolute Gasteiger partial charge is 0.352 e. The molecule has 4 bridgehead atoms. The van der Waals surface area contributed by atoms with Crippen LogP contribution in [0.3, 0.4) is 0 Å². The average molecular weight is 486 g/mol. The van der Waals surface area contributed by atoms with Gasteiger partial charge in [-0.05, 0) is 105 Å². The molecule has 1 aliphatic heterocycles. The van der Waals surface area contributed by atoms with Crippen molar-refractivity contribution >= 4 is 27.5 Å². The van der Waals surface area contributed by atoms with Crippen molar-refractivity contribution in [2.45, 2.75) is 56.3 Å². The fourth-order valence-corrected chi connectivity index (χ4v) is 8.65. The highest BCUT2D eigenvalue weighted by molar-refractivity contribution is 7.89. The Morgan fingerprint density at radius 1 is 1.00 bits per heavy atom. The number of rotatable bonds is 7. The monoisotopic (exact) mass is 485 g/mol. The van der Waals surface area contributed by atoms with Crippen LogP contribution >= 0.6 is 0 Å². The zero-order valence-corrected chi connectivity index (χ0v) is 20.5. The number of hydrogen-bond acceptors (Lipinski definition) is 4. The van der Waals surface area contributed by atoms with Gasteiger partial charge >= 0.3 is 0 Å². The summed E-state index contributed by atoms with van der Waals surface area (Å²) >= 11 is 0. The lowest BCUT2D eigenvalue weighted by atomic mass is 9.49. The number of benzene rings is 1. The second kappa shape index (κ2) is 9.11. The minimum Gasteiger partial charge on any atom is -0.352 e. The lowest BCUT2D eigenvalue weighted by molar-refractivity contribution is -0.140. The van der Waals surface area contributed by atoms with Crippen LogP contribution in [0.5, 0.6) is 0 Å². The maximum atomic E-state index is 13.3. The Balaban J connectivity index is 1.18. The molecule has 1 saturated heterocycles. The van der Waals surface area contributed by atoms with Crippen molar-refractivity contribution in [3.05, 3.63) is 36.9 Å². The molecule has 6 rings (SSSR count). The lowest BCUT2D eigenvalue weighted by Gasteiger charge is -2.55. The van der Waals surface area contributed by atoms with E-state index < -0.39 is 10.0 Å². The maximum absolute atomic E-state index is 13.3. The zero-order valence-electron chi connectivity index (χ0n) is 19.7. The highest BCUT2D eigenvalue weighted by atomic mass is 32.2. The highest BCUT2D eigenvalue weighted by Gasteiger charge is 2.54. The molecular weight excluding hydrogens is 450 g/mol. The number of anilines is 1. The van der Waals surface area contributed by atoms with Gasteiger partial charge in [0.1, 0.15) is 0 Å². The maximum Gasteiger partial charge on any atom is 0.243 e. The number of nitrogens with zero attached hydrogens (tertiary/aromatic N) is 1. The number of hydrogen-bond donors (Lipinski definition) is 2. The van der Waals surface area contributed by atoms with E-state index >= 15 is 0 Å². The molecule has 1 aromatic rings. The molecule has 0 atom stereocenters. The molecule has 0 radical (unpaired) electrons. The van der Waals surface area contributed by atoms with Crippen molar-refractivity contribution in [2.75, 3.05) is 25.0 Å². The summed E-state index contributed by atoms with van der Waals surface area (Å²) in [6.45, 7) is 4.85. The molecule has 7 nitrogen and oxygen atoms in total. The predicted octanol–water partition coefficient (Wildman–Crippen LogP) is 3.54. The van der Waals surface area contributed by atoms with E-state index in [0.29, 0.717) is 55.9 Å². The Morgan fingerprint density at radius 3 is 2.09 bits per heavy atom. The molecule has 4 saturated carbocycles. The summed E-state index contributed by atoms with van der Waals surface area (Å²) in [5.74, 6) is 2.28. The summed E-state index contributed by atoms with van der Waals surface area (Å²) < 4.78 is 27.8. The quantitative estimate of drug-likeness (QED) is 0.578. The average Bonchev–Trinajstić information content (AvgIpc) is 2.82. The van der Waals surface area contributed by atoms with Crippen molar-refractivity contribution in [2.24, 2.45) is 29.1 Å². The van der Waals surface area contributed by atoms with Crippen molar-refractivity contribution < 1.29 is 18.0 Å². The first-order valence-electron chi connectivity index (χ1n) is 12.6. The number of sulfonamides is 1. The van der Waals surface area contributed by atoms with Gasteiger partial charge in [0, 0.05) is 25.3 Å². The minimum absolute atomic E-state index is 0.118. The fraction of sp³-hybridized carbons (Fsp3) is 0.615. The van der Waals surface area contributed by atoms with Crippen LogP contribution in [-0.4, -0.2) is 44.2 Å². The van der Waals surface area contributed by atoms with Crippen molar-refractivity contribution in [1.29, 1.82) is 0 Å². The fourth-order valence-electron chi connectivity index (χ4n) is 7.18. The summed E-state index contributed by atoms with van der Waals surface area (Å²) in [4.78, 5) is 24.9. The first-order valence-corrected chi connectivity index (χ1v) is 14.0. The molecule has 2 N–H and O–H groups in total. The van der Waals surface area contributed by atoms with E-state index in [4.69, 9.17) is 0 Å². The van der Waals surface area contributed by atoms with Gasteiger partial charge in [-0.15, -0.1) is 0 Å². The summed E-state index contributed by atoms with van der Waals surface area (Å²) in [7, 11) is -3.59. The zero-order chi connectivity index (χ0) is 23.9. The molecule has 4 aliphatic carbocycles.